The number of nitrogens with one attached hydrogen (secondary N) is 1. The van der Waals surface area contributed by atoms with Gasteiger partial charge in [0.1, 0.15) is 0 Å². The zero-order valence-electron chi connectivity index (χ0n) is 12.9. The minimum atomic E-state index is 0.468. The zero-order chi connectivity index (χ0) is 14.7. The molecule has 1 aromatic carbocycles. The molecule has 1 saturated heterocycles. The van der Waals surface area contributed by atoms with Crippen molar-refractivity contribution < 1.29 is 0 Å². The second kappa shape index (κ2) is 6.41. The van der Waals surface area contributed by atoms with Gasteiger partial charge in [0.2, 0.25) is 0 Å². The van der Waals surface area contributed by atoms with E-state index < -0.39 is 0 Å². The first-order valence-electron chi connectivity index (χ1n) is 7.73. The second-order valence-corrected chi connectivity index (χ2v) is 5.93. The third-order valence-corrected chi connectivity index (χ3v) is 4.37. The van der Waals surface area contributed by atoms with Crippen LogP contribution in [0.2, 0.25) is 0 Å². The fraction of sp³-hybridized carbons (Fsp3) is 0.471. The quantitative estimate of drug-likeness (QED) is 0.932. The van der Waals surface area contributed by atoms with Crippen LogP contribution in [0, 0.1) is 0 Å². The molecular formula is C17H24N4. The maximum atomic E-state index is 4.26. The van der Waals surface area contributed by atoms with Gasteiger partial charge in [-0.3, -0.25) is 9.58 Å². The van der Waals surface area contributed by atoms with Crippen LogP contribution in [-0.4, -0.2) is 40.4 Å². The highest BCUT2D eigenvalue weighted by Gasteiger charge is 2.26. The summed E-state index contributed by atoms with van der Waals surface area (Å²) >= 11 is 0. The van der Waals surface area contributed by atoms with E-state index in [1.54, 1.807) is 0 Å². The Labute approximate surface area is 126 Å². The molecule has 2 heterocycles. The lowest BCUT2D eigenvalue weighted by molar-refractivity contribution is 0.136. The Morgan fingerprint density at radius 2 is 2.05 bits per heavy atom. The van der Waals surface area contributed by atoms with E-state index in [1.165, 1.54) is 11.3 Å². The van der Waals surface area contributed by atoms with Crippen LogP contribution in [0.25, 0.3) is 0 Å². The lowest BCUT2D eigenvalue weighted by Crippen LogP contribution is -2.51. The number of aryl methyl sites for hydroxylation is 1. The standard InChI is InChI=1S/C17H24N4/c1-14-13-21(11-9-16-8-10-19-20(16)2)17(12-18-14)15-6-4-3-5-7-15/h3-8,10,14,17-18H,9,11-13H2,1-2H3. The molecular weight excluding hydrogens is 260 g/mol. The number of benzene rings is 1. The monoisotopic (exact) mass is 284 g/mol. The number of hydrogen-bond acceptors (Lipinski definition) is 3. The van der Waals surface area contributed by atoms with Gasteiger partial charge < -0.3 is 5.32 Å². The van der Waals surface area contributed by atoms with Gasteiger partial charge >= 0.3 is 0 Å². The van der Waals surface area contributed by atoms with E-state index in [1.807, 2.05) is 17.9 Å². The van der Waals surface area contributed by atoms with E-state index in [2.05, 4.69) is 58.6 Å². The average Bonchev–Trinajstić information content (AvgIpc) is 2.91. The zero-order valence-corrected chi connectivity index (χ0v) is 12.9. The molecule has 0 bridgehead atoms. The van der Waals surface area contributed by atoms with E-state index in [9.17, 15) is 0 Å². The van der Waals surface area contributed by atoms with Crippen molar-refractivity contribution in [3.8, 4) is 0 Å². The van der Waals surface area contributed by atoms with Crippen molar-refractivity contribution in [2.24, 2.45) is 7.05 Å². The van der Waals surface area contributed by atoms with Gasteiger partial charge in [-0.1, -0.05) is 30.3 Å². The lowest BCUT2D eigenvalue weighted by Gasteiger charge is -2.39. The summed E-state index contributed by atoms with van der Waals surface area (Å²) in [4.78, 5) is 2.60. The Balaban J connectivity index is 1.71. The molecule has 0 amide bonds. The molecule has 2 atom stereocenters. The Kier molecular flexibility index (Phi) is 4.36. The maximum Gasteiger partial charge on any atom is 0.0492 e. The molecule has 1 aromatic heterocycles. The molecule has 1 aliphatic heterocycles. The predicted octanol–water partition coefficient (Wildman–Crippen LogP) is 2.00. The highest BCUT2D eigenvalue weighted by Crippen LogP contribution is 2.23. The number of piperazine rings is 1. The van der Waals surface area contributed by atoms with Crippen molar-refractivity contribution in [2.45, 2.75) is 25.4 Å². The molecule has 1 N–H and O–H groups in total. The first-order valence-corrected chi connectivity index (χ1v) is 7.73. The molecule has 4 heteroatoms. The van der Waals surface area contributed by atoms with Gasteiger partial charge in [-0.2, -0.15) is 5.10 Å². The third kappa shape index (κ3) is 3.34. The number of aromatic nitrogens is 2. The normalized spacial score (nSPS) is 23.3. The van der Waals surface area contributed by atoms with E-state index in [0.29, 0.717) is 12.1 Å². The summed E-state index contributed by atoms with van der Waals surface area (Å²) in [6.07, 6.45) is 2.93. The summed E-state index contributed by atoms with van der Waals surface area (Å²) in [5.74, 6) is 0. The van der Waals surface area contributed by atoms with Crippen LogP contribution in [0.4, 0.5) is 0 Å². The van der Waals surface area contributed by atoms with Gasteiger partial charge in [0.25, 0.3) is 0 Å². The maximum absolute atomic E-state index is 4.26. The van der Waals surface area contributed by atoms with Crippen molar-refractivity contribution >= 4 is 0 Å². The predicted molar refractivity (Wildman–Crippen MR) is 85.1 cm³/mol. The molecule has 1 fully saturated rings. The molecule has 3 rings (SSSR count). The van der Waals surface area contributed by atoms with Crippen molar-refractivity contribution in [3.05, 3.63) is 53.9 Å². The van der Waals surface area contributed by atoms with Gasteiger partial charge in [0.05, 0.1) is 0 Å². The summed E-state index contributed by atoms with van der Waals surface area (Å²) < 4.78 is 1.98. The topological polar surface area (TPSA) is 33.1 Å². The lowest BCUT2D eigenvalue weighted by atomic mass is 10.0. The molecule has 0 aliphatic carbocycles. The highest BCUT2D eigenvalue weighted by molar-refractivity contribution is 5.20. The Morgan fingerprint density at radius 3 is 2.76 bits per heavy atom. The fourth-order valence-electron chi connectivity index (χ4n) is 3.14. The van der Waals surface area contributed by atoms with E-state index >= 15 is 0 Å². The van der Waals surface area contributed by atoms with E-state index in [0.717, 1.165) is 26.1 Å². The molecule has 4 nitrogen and oxygen atoms in total. The van der Waals surface area contributed by atoms with E-state index in [-0.39, 0.29) is 0 Å². The van der Waals surface area contributed by atoms with E-state index in [4.69, 9.17) is 0 Å². The molecule has 0 spiro atoms. The minimum absolute atomic E-state index is 0.468. The molecule has 112 valence electrons. The van der Waals surface area contributed by atoms with Crippen LogP contribution < -0.4 is 5.32 Å². The van der Waals surface area contributed by atoms with Crippen molar-refractivity contribution in [1.29, 1.82) is 0 Å². The Morgan fingerprint density at radius 1 is 1.24 bits per heavy atom. The van der Waals surface area contributed by atoms with Gasteiger partial charge in [-0.05, 0) is 18.6 Å². The second-order valence-electron chi connectivity index (χ2n) is 5.93. The minimum Gasteiger partial charge on any atom is -0.311 e. The summed E-state index contributed by atoms with van der Waals surface area (Å²) in [7, 11) is 2.02. The molecule has 0 saturated carbocycles. The van der Waals surface area contributed by atoms with Gasteiger partial charge in [0.15, 0.2) is 0 Å². The highest BCUT2D eigenvalue weighted by atomic mass is 15.3. The van der Waals surface area contributed by atoms with Crippen LogP contribution >= 0.6 is 0 Å². The Hall–Kier alpha value is -1.65. The molecule has 1 aliphatic rings. The first kappa shape index (κ1) is 14.3. The van der Waals surface area contributed by atoms with Gasteiger partial charge in [0, 0.05) is 57.1 Å². The summed E-state index contributed by atoms with van der Waals surface area (Å²) in [5, 5.41) is 7.86. The van der Waals surface area contributed by atoms with Crippen molar-refractivity contribution in [2.75, 3.05) is 19.6 Å². The van der Waals surface area contributed by atoms with Crippen LogP contribution in [-0.2, 0) is 13.5 Å². The van der Waals surface area contributed by atoms with Gasteiger partial charge in [-0.25, -0.2) is 0 Å². The van der Waals surface area contributed by atoms with Crippen molar-refractivity contribution in [3.63, 3.8) is 0 Å². The number of nitrogens with zero attached hydrogens (tertiary/aromatic N) is 3. The van der Waals surface area contributed by atoms with Crippen molar-refractivity contribution in [1.82, 2.24) is 20.0 Å². The third-order valence-electron chi connectivity index (χ3n) is 4.37. The van der Waals surface area contributed by atoms with Crippen LogP contribution in [0.3, 0.4) is 0 Å². The SMILES string of the molecule is CC1CN(CCc2ccnn2C)C(c2ccccc2)CN1. The molecule has 2 unspecified atom stereocenters. The van der Waals surface area contributed by atoms with Gasteiger partial charge in [-0.15, -0.1) is 0 Å². The summed E-state index contributed by atoms with van der Waals surface area (Å²) in [5.41, 5.74) is 2.70. The number of rotatable bonds is 4. The van der Waals surface area contributed by atoms with Crippen LogP contribution in [0.1, 0.15) is 24.2 Å². The molecule has 0 radical (unpaired) electrons. The summed E-state index contributed by atoms with van der Waals surface area (Å²) in [6, 6.07) is 14.0. The van der Waals surface area contributed by atoms with Crippen LogP contribution in [0.15, 0.2) is 42.6 Å². The fourth-order valence-corrected chi connectivity index (χ4v) is 3.14. The summed E-state index contributed by atoms with van der Waals surface area (Å²) in [6.45, 7) is 5.46. The molecule has 21 heavy (non-hydrogen) atoms. The number of hydrogen-bond donors (Lipinski definition) is 1. The van der Waals surface area contributed by atoms with Crippen LogP contribution in [0.5, 0.6) is 0 Å². The first-order chi connectivity index (χ1) is 10.2. The Bertz CT molecular complexity index is 563. The average molecular weight is 284 g/mol. The largest absolute Gasteiger partial charge is 0.311 e. The smallest absolute Gasteiger partial charge is 0.0492 e. The molecule has 2 aromatic rings.